The van der Waals surface area contributed by atoms with E-state index in [4.69, 9.17) is 9.47 Å². The van der Waals surface area contributed by atoms with Crippen molar-refractivity contribution in [2.45, 2.75) is 13.5 Å². The van der Waals surface area contributed by atoms with Crippen molar-refractivity contribution in [2.24, 2.45) is 0 Å². The Labute approximate surface area is 136 Å². The Balaban J connectivity index is 2.00. The molecule has 0 atom stereocenters. The third kappa shape index (κ3) is 4.57. The summed E-state index contributed by atoms with van der Waals surface area (Å²) >= 11 is 0. The fourth-order valence-electron chi connectivity index (χ4n) is 2.05. The van der Waals surface area contributed by atoms with Crippen molar-refractivity contribution < 1.29 is 14.3 Å². The Morgan fingerprint density at radius 3 is 2.78 bits per heavy atom. The van der Waals surface area contributed by atoms with Crippen LogP contribution in [-0.4, -0.2) is 25.1 Å². The van der Waals surface area contributed by atoms with Gasteiger partial charge in [0.2, 0.25) is 5.91 Å². The molecular weight excluding hydrogens is 292 g/mol. The van der Waals surface area contributed by atoms with Gasteiger partial charge in [-0.2, -0.15) is 0 Å². The molecular formula is C18H20N2O3. The summed E-state index contributed by atoms with van der Waals surface area (Å²) in [5, 5.41) is 2.82. The van der Waals surface area contributed by atoms with Crippen LogP contribution in [0.3, 0.4) is 0 Å². The Bertz CT molecular complexity index is 711. The highest BCUT2D eigenvalue weighted by atomic mass is 16.5. The number of nitrogens with one attached hydrogen (secondary N) is 1. The fraction of sp³-hybridized carbons (Fsp3) is 0.222. The van der Waals surface area contributed by atoms with Crippen molar-refractivity contribution in [2.75, 3.05) is 14.2 Å². The van der Waals surface area contributed by atoms with Crippen molar-refractivity contribution in [1.29, 1.82) is 0 Å². The molecule has 0 radical (unpaired) electrons. The molecule has 5 heteroatoms. The number of aryl methyl sites for hydroxylation is 1. The van der Waals surface area contributed by atoms with Crippen LogP contribution in [0.15, 0.2) is 42.6 Å². The first-order valence-electron chi connectivity index (χ1n) is 7.22. The van der Waals surface area contributed by atoms with Crippen LogP contribution in [0.1, 0.15) is 16.8 Å². The van der Waals surface area contributed by atoms with Crippen LogP contribution in [0, 0.1) is 6.92 Å². The average molecular weight is 312 g/mol. The number of methoxy groups -OCH3 is 2. The summed E-state index contributed by atoms with van der Waals surface area (Å²) in [4.78, 5) is 16.2. The smallest absolute Gasteiger partial charge is 0.244 e. The number of rotatable bonds is 6. The topological polar surface area (TPSA) is 60.5 Å². The van der Waals surface area contributed by atoms with E-state index >= 15 is 0 Å². The molecule has 1 heterocycles. The molecule has 1 N–H and O–H groups in total. The zero-order chi connectivity index (χ0) is 16.7. The van der Waals surface area contributed by atoms with Gasteiger partial charge in [-0.25, -0.2) is 0 Å². The number of hydrogen-bond acceptors (Lipinski definition) is 4. The molecule has 0 bridgehead atoms. The summed E-state index contributed by atoms with van der Waals surface area (Å²) in [7, 11) is 3.17. The number of hydrogen-bond donors (Lipinski definition) is 1. The molecule has 0 saturated heterocycles. The van der Waals surface area contributed by atoms with Gasteiger partial charge in [0.05, 0.1) is 26.5 Å². The van der Waals surface area contributed by atoms with Gasteiger partial charge in [-0.1, -0.05) is 6.07 Å². The standard InChI is InChI=1S/C18H20N2O3/c1-13-5-4-10-19-16(13)12-20-18(21)9-7-14-6-8-15(22-2)11-17(14)23-3/h4-11H,12H2,1-3H3,(H,20,21). The van der Waals surface area contributed by atoms with Crippen LogP contribution in [-0.2, 0) is 11.3 Å². The Hall–Kier alpha value is -2.82. The van der Waals surface area contributed by atoms with E-state index in [1.165, 1.54) is 6.08 Å². The monoisotopic (exact) mass is 312 g/mol. The molecule has 120 valence electrons. The summed E-state index contributed by atoms with van der Waals surface area (Å²) in [6, 6.07) is 9.26. The summed E-state index contributed by atoms with van der Waals surface area (Å²) in [5.74, 6) is 1.16. The third-order valence-corrected chi connectivity index (χ3v) is 3.40. The molecule has 0 aliphatic carbocycles. The minimum Gasteiger partial charge on any atom is -0.497 e. The van der Waals surface area contributed by atoms with Gasteiger partial charge in [0, 0.05) is 23.9 Å². The molecule has 0 unspecified atom stereocenters. The lowest BCUT2D eigenvalue weighted by molar-refractivity contribution is -0.116. The minimum atomic E-state index is -0.187. The van der Waals surface area contributed by atoms with E-state index in [-0.39, 0.29) is 5.91 Å². The van der Waals surface area contributed by atoms with E-state index in [1.54, 1.807) is 32.6 Å². The second-order valence-corrected chi connectivity index (χ2v) is 4.93. The van der Waals surface area contributed by atoms with Gasteiger partial charge in [-0.05, 0) is 36.8 Å². The average Bonchev–Trinajstić information content (AvgIpc) is 2.59. The number of aromatic nitrogens is 1. The van der Waals surface area contributed by atoms with E-state index in [2.05, 4.69) is 10.3 Å². The molecule has 1 amide bonds. The summed E-state index contributed by atoms with van der Waals surface area (Å²) in [6.07, 6.45) is 4.90. The van der Waals surface area contributed by atoms with E-state index in [0.29, 0.717) is 18.0 Å². The lowest BCUT2D eigenvalue weighted by atomic mass is 10.1. The second kappa shape index (κ2) is 7.98. The van der Waals surface area contributed by atoms with Crippen molar-refractivity contribution in [3.8, 4) is 11.5 Å². The van der Waals surface area contributed by atoms with E-state index in [1.807, 2.05) is 31.2 Å². The van der Waals surface area contributed by atoms with Crippen LogP contribution < -0.4 is 14.8 Å². The number of benzene rings is 1. The van der Waals surface area contributed by atoms with E-state index in [9.17, 15) is 4.79 Å². The van der Waals surface area contributed by atoms with Crippen LogP contribution in [0.2, 0.25) is 0 Å². The molecule has 5 nitrogen and oxygen atoms in total. The lowest BCUT2D eigenvalue weighted by Crippen LogP contribution is -2.21. The maximum absolute atomic E-state index is 11.9. The summed E-state index contributed by atoms with van der Waals surface area (Å²) in [5.41, 5.74) is 2.71. The number of ether oxygens (including phenoxy) is 2. The van der Waals surface area contributed by atoms with Crippen LogP contribution in [0.25, 0.3) is 6.08 Å². The third-order valence-electron chi connectivity index (χ3n) is 3.40. The number of carbonyl (C=O) groups is 1. The maximum atomic E-state index is 11.9. The summed E-state index contributed by atoms with van der Waals surface area (Å²) in [6.45, 7) is 2.36. The van der Waals surface area contributed by atoms with Gasteiger partial charge >= 0.3 is 0 Å². The van der Waals surface area contributed by atoms with Gasteiger partial charge in [-0.3, -0.25) is 9.78 Å². The normalized spacial score (nSPS) is 10.6. The first kappa shape index (κ1) is 16.5. The number of amides is 1. The van der Waals surface area contributed by atoms with Crippen LogP contribution in [0.5, 0.6) is 11.5 Å². The number of nitrogens with zero attached hydrogens (tertiary/aromatic N) is 1. The van der Waals surface area contributed by atoms with Crippen molar-refractivity contribution in [3.63, 3.8) is 0 Å². The molecule has 0 spiro atoms. The highest BCUT2D eigenvalue weighted by Gasteiger charge is 2.04. The predicted octanol–water partition coefficient (Wildman–Crippen LogP) is 2.74. The minimum absolute atomic E-state index is 0.187. The summed E-state index contributed by atoms with van der Waals surface area (Å²) < 4.78 is 10.4. The van der Waals surface area contributed by atoms with Gasteiger partial charge in [0.15, 0.2) is 0 Å². The molecule has 0 aliphatic rings. The maximum Gasteiger partial charge on any atom is 0.244 e. The molecule has 1 aromatic carbocycles. The zero-order valence-electron chi connectivity index (χ0n) is 13.5. The highest BCUT2D eigenvalue weighted by Crippen LogP contribution is 2.25. The van der Waals surface area contributed by atoms with Gasteiger partial charge in [0.25, 0.3) is 0 Å². The van der Waals surface area contributed by atoms with Crippen molar-refractivity contribution in [3.05, 3.63) is 59.4 Å². The lowest BCUT2D eigenvalue weighted by Gasteiger charge is -2.07. The van der Waals surface area contributed by atoms with Crippen molar-refractivity contribution >= 4 is 12.0 Å². The molecule has 0 aliphatic heterocycles. The molecule has 2 rings (SSSR count). The van der Waals surface area contributed by atoms with Gasteiger partial charge < -0.3 is 14.8 Å². The SMILES string of the molecule is COc1ccc(C=CC(=O)NCc2ncccc2C)c(OC)c1. The molecule has 23 heavy (non-hydrogen) atoms. The predicted molar refractivity (Wildman–Crippen MR) is 89.4 cm³/mol. The first-order chi connectivity index (χ1) is 11.1. The highest BCUT2D eigenvalue weighted by molar-refractivity contribution is 5.92. The first-order valence-corrected chi connectivity index (χ1v) is 7.22. The zero-order valence-corrected chi connectivity index (χ0v) is 13.5. The molecule has 2 aromatic rings. The van der Waals surface area contributed by atoms with Crippen LogP contribution >= 0.6 is 0 Å². The van der Waals surface area contributed by atoms with E-state index in [0.717, 1.165) is 16.8 Å². The number of pyridine rings is 1. The van der Waals surface area contributed by atoms with Gasteiger partial charge in [0.1, 0.15) is 11.5 Å². The Kier molecular flexibility index (Phi) is 5.74. The Morgan fingerprint density at radius 1 is 1.26 bits per heavy atom. The van der Waals surface area contributed by atoms with Crippen LogP contribution in [0.4, 0.5) is 0 Å². The largest absolute Gasteiger partial charge is 0.497 e. The number of carbonyl (C=O) groups excluding carboxylic acids is 1. The second-order valence-electron chi connectivity index (χ2n) is 4.93. The molecule has 0 fully saturated rings. The molecule has 0 saturated carbocycles. The molecule has 1 aromatic heterocycles. The van der Waals surface area contributed by atoms with Gasteiger partial charge in [-0.15, -0.1) is 0 Å². The Morgan fingerprint density at radius 2 is 2.09 bits per heavy atom. The van der Waals surface area contributed by atoms with E-state index < -0.39 is 0 Å². The fourth-order valence-corrected chi connectivity index (χ4v) is 2.05. The van der Waals surface area contributed by atoms with Crippen molar-refractivity contribution in [1.82, 2.24) is 10.3 Å². The quantitative estimate of drug-likeness (QED) is 0.833.